The van der Waals surface area contributed by atoms with Gasteiger partial charge < -0.3 is 4.52 Å². The first kappa shape index (κ1) is 11.5. The van der Waals surface area contributed by atoms with E-state index in [1.54, 1.807) is 12.4 Å². The third-order valence-electron chi connectivity index (χ3n) is 2.79. The fourth-order valence-electron chi connectivity index (χ4n) is 1.68. The van der Waals surface area contributed by atoms with Gasteiger partial charge in [-0.05, 0) is 34.8 Å². The highest BCUT2D eigenvalue weighted by Gasteiger charge is 2.30. The van der Waals surface area contributed by atoms with Gasteiger partial charge >= 0.3 is 0 Å². The highest BCUT2D eigenvalue weighted by atomic mass is 79.9. The molecule has 0 saturated heterocycles. The Kier molecular flexibility index (Phi) is 2.95. The molecule has 0 bridgehead atoms. The molecule has 2 aromatic rings. The highest BCUT2D eigenvalue weighted by Crippen LogP contribution is 2.31. The van der Waals surface area contributed by atoms with Crippen molar-refractivity contribution in [1.29, 1.82) is 0 Å². The van der Waals surface area contributed by atoms with Crippen LogP contribution in [0.2, 0.25) is 0 Å². The molecule has 3 rings (SSSR count). The van der Waals surface area contributed by atoms with Crippen LogP contribution in [0.3, 0.4) is 0 Å². The first-order valence-electron chi connectivity index (χ1n) is 5.68. The van der Waals surface area contributed by atoms with Crippen molar-refractivity contribution < 1.29 is 9.32 Å². The molecular formula is C12H10BrN3O2. The van der Waals surface area contributed by atoms with Gasteiger partial charge in [0.15, 0.2) is 0 Å². The molecule has 1 saturated carbocycles. The summed E-state index contributed by atoms with van der Waals surface area (Å²) in [5.74, 6) is 1.25. The van der Waals surface area contributed by atoms with Gasteiger partial charge in [-0.1, -0.05) is 5.16 Å². The fourth-order valence-corrected chi connectivity index (χ4v) is 2.04. The molecule has 0 radical (unpaired) electrons. The summed E-state index contributed by atoms with van der Waals surface area (Å²) >= 11 is 3.33. The highest BCUT2D eigenvalue weighted by molar-refractivity contribution is 9.10. The number of nitrogens with zero attached hydrogens (tertiary/aromatic N) is 3. The quantitative estimate of drug-likeness (QED) is 0.867. The Balaban J connectivity index is 1.78. The lowest BCUT2D eigenvalue weighted by atomic mass is 10.2. The van der Waals surface area contributed by atoms with Crippen molar-refractivity contribution >= 4 is 21.7 Å². The van der Waals surface area contributed by atoms with E-state index in [0.717, 1.165) is 22.9 Å². The summed E-state index contributed by atoms with van der Waals surface area (Å²) in [5.41, 5.74) is 0.762. The van der Waals surface area contributed by atoms with E-state index in [-0.39, 0.29) is 18.1 Å². The number of hydrogen-bond acceptors (Lipinski definition) is 5. The zero-order valence-electron chi connectivity index (χ0n) is 9.47. The van der Waals surface area contributed by atoms with Crippen molar-refractivity contribution in [3.05, 3.63) is 28.8 Å². The molecule has 0 unspecified atom stereocenters. The molecule has 0 spiro atoms. The van der Waals surface area contributed by atoms with E-state index in [0.29, 0.717) is 11.7 Å². The second kappa shape index (κ2) is 4.61. The number of aromatic nitrogens is 3. The molecular weight excluding hydrogens is 298 g/mol. The normalized spacial score (nSPS) is 14.7. The molecule has 0 N–H and O–H groups in total. The van der Waals surface area contributed by atoms with Gasteiger partial charge in [0.1, 0.15) is 5.78 Å². The molecule has 92 valence electrons. The molecule has 0 amide bonds. The van der Waals surface area contributed by atoms with Gasteiger partial charge in [-0.15, -0.1) is 0 Å². The molecule has 0 atom stereocenters. The maximum Gasteiger partial charge on any atom is 0.234 e. The number of carbonyl (C=O) groups excluding carboxylic acids is 1. The summed E-state index contributed by atoms with van der Waals surface area (Å²) in [6, 6.07) is 1.85. The van der Waals surface area contributed by atoms with Crippen LogP contribution in [0.1, 0.15) is 18.7 Å². The number of ketones is 1. The SMILES string of the molecule is O=C(Cc1nc(-c2cncc(Br)c2)no1)C1CC1. The van der Waals surface area contributed by atoms with E-state index in [2.05, 4.69) is 31.1 Å². The van der Waals surface area contributed by atoms with Crippen molar-refractivity contribution in [1.82, 2.24) is 15.1 Å². The molecule has 5 nitrogen and oxygen atoms in total. The molecule has 1 aliphatic rings. The number of rotatable bonds is 4. The van der Waals surface area contributed by atoms with Crippen LogP contribution >= 0.6 is 15.9 Å². The first-order valence-corrected chi connectivity index (χ1v) is 6.48. The predicted octanol–water partition coefficient (Wildman–Crippen LogP) is 2.42. The molecule has 0 aromatic carbocycles. The zero-order valence-corrected chi connectivity index (χ0v) is 11.1. The van der Waals surface area contributed by atoms with Crippen molar-refractivity contribution in [2.75, 3.05) is 0 Å². The predicted molar refractivity (Wildman–Crippen MR) is 66.7 cm³/mol. The Morgan fingerprint density at radius 1 is 1.44 bits per heavy atom. The maximum atomic E-state index is 11.6. The number of halogens is 1. The standard InChI is InChI=1S/C12H10BrN3O2/c13-9-3-8(5-14-6-9)12-15-11(18-16-12)4-10(17)7-1-2-7/h3,5-7H,1-2,4H2. The van der Waals surface area contributed by atoms with E-state index >= 15 is 0 Å². The smallest absolute Gasteiger partial charge is 0.234 e. The van der Waals surface area contributed by atoms with Gasteiger partial charge in [-0.2, -0.15) is 4.98 Å². The first-order chi connectivity index (χ1) is 8.72. The minimum Gasteiger partial charge on any atom is -0.338 e. The lowest BCUT2D eigenvalue weighted by Crippen LogP contribution is -2.04. The Morgan fingerprint density at radius 3 is 3.00 bits per heavy atom. The number of pyridine rings is 1. The van der Waals surface area contributed by atoms with Crippen molar-refractivity contribution in [3.63, 3.8) is 0 Å². The Hall–Kier alpha value is -1.56. The minimum absolute atomic E-state index is 0.192. The van der Waals surface area contributed by atoms with Crippen LogP contribution in [0, 0.1) is 5.92 Å². The maximum absolute atomic E-state index is 11.6. The van der Waals surface area contributed by atoms with E-state index in [1.807, 2.05) is 6.07 Å². The van der Waals surface area contributed by atoms with E-state index in [9.17, 15) is 4.79 Å². The van der Waals surface area contributed by atoms with Gasteiger partial charge in [0.05, 0.1) is 6.42 Å². The van der Waals surface area contributed by atoms with E-state index in [4.69, 9.17) is 4.52 Å². The van der Waals surface area contributed by atoms with Crippen molar-refractivity contribution in [2.24, 2.45) is 5.92 Å². The van der Waals surface area contributed by atoms with Gasteiger partial charge in [-0.3, -0.25) is 9.78 Å². The van der Waals surface area contributed by atoms with Gasteiger partial charge in [0.2, 0.25) is 11.7 Å². The third kappa shape index (κ3) is 2.48. The lowest BCUT2D eigenvalue weighted by molar-refractivity contribution is -0.119. The summed E-state index contributed by atoms with van der Waals surface area (Å²) in [6.45, 7) is 0. The summed E-state index contributed by atoms with van der Waals surface area (Å²) < 4.78 is 5.93. The Labute approximate surface area is 112 Å². The average Bonchev–Trinajstić information content (AvgIpc) is 3.10. The van der Waals surface area contributed by atoms with Gasteiger partial charge in [-0.25, -0.2) is 0 Å². The summed E-state index contributed by atoms with van der Waals surface area (Å²) in [6.07, 6.45) is 5.56. The Morgan fingerprint density at radius 2 is 2.28 bits per heavy atom. The number of carbonyl (C=O) groups is 1. The molecule has 0 aliphatic heterocycles. The molecule has 1 fully saturated rings. The second-order valence-corrected chi connectivity index (χ2v) is 5.24. The fraction of sp³-hybridized carbons (Fsp3) is 0.333. The van der Waals surface area contributed by atoms with Crippen LogP contribution in [0.4, 0.5) is 0 Å². The molecule has 1 aliphatic carbocycles. The lowest BCUT2D eigenvalue weighted by Gasteiger charge is -1.93. The van der Waals surface area contributed by atoms with Gasteiger partial charge in [0.25, 0.3) is 0 Å². The minimum atomic E-state index is 0.192. The largest absolute Gasteiger partial charge is 0.338 e. The second-order valence-electron chi connectivity index (χ2n) is 4.32. The van der Waals surface area contributed by atoms with Crippen LogP contribution in [0.25, 0.3) is 11.4 Å². The van der Waals surface area contributed by atoms with Crippen LogP contribution < -0.4 is 0 Å². The van der Waals surface area contributed by atoms with Crippen LogP contribution in [0.15, 0.2) is 27.5 Å². The van der Waals surface area contributed by atoms with E-state index in [1.165, 1.54) is 0 Å². The van der Waals surface area contributed by atoms with Crippen molar-refractivity contribution in [2.45, 2.75) is 19.3 Å². The third-order valence-corrected chi connectivity index (χ3v) is 3.22. The average molecular weight is 308 g/mol. The molecule has 2 aromatic heterocycles. The monoisotopic (exact) mass is 307 g/mol. The van der Waals surface area contributed by atoms with Gasteiger partial charge in [0, 0.05) is 28.3 Å². The number of hydrogen-bond donors (Lipinski definition) is 0. The molecule has 6 heteroatoms. The van der Waals surface area contributed by atoms with Crippen LogP contribution in [-0.2, 0) is 11.2 Å². The zero-order chi connectivity index (χ0) is 12.5. The summed E-state index contributed by atoms with van der Waals surface area (Å²) in [5, 5.41) is 3.86. The van der Waals surface area contributed by atoms with Crippen molar-refractivity contribution in [3.8, 4) is 11.4 Å². The van der Waals surface area contributed by atoms with Crippen LogP contribution in [-0.4, -0.2) is 20.9 Å². The number of Topliss-reactive ketones (excluding diaryl/α,β-unsaturated/α-hetero) is 1. The topological polar surface area (TPSA) is 68.9 Å². The summed E-state index contributed by atoms with van der Waals surface area (Å²) in [7, 11) is 0. The Bertz CT molecular complexity index is 593. The molecule has 18 heavy (non-hydrogen) atoms. The van der Waals surface area contributed by atoms with E-state index < -0.39 is 0 Å². The molecule has 2 heterocycles. The summed E-state index contributed by atoms with van der Waals surface area (Å²) in [4.78, 5) is 19.9. The van der Waals surface area contributed by atoms with Crippen LogP contribution in [0.5, 0.6) is 0 Å².